The standard InChI is InChI=1S/C35H31ClN4O/c1-24(26-17-19-37-20-18-26)39-30-13-15-32(16-14-30)40-34(41)21-28-9-12-31(38-23-25-5-3-2-4-6-25)22-33(28)35(40)27-7-10-29(36)11-8-27/h2-20,22,24,35,38-39H,21,23H2,1H3. The van der Waals surface area contributed by atoms with Crippen molar-refractivity contribution in [2.24, 2.45) is 0 Å². The minimum atomic E-state index is -0.281. The van der Waals surface area contributed by atoms with E-state index in [9.17, 15) is 4.79 Å². The summed E-state index contributed by atoms with van der Waals surface area (Å²) in [6.45, 7) is 2.84. The monoisotopic (exact) mass is 558 g/mol. The van der Waals surface area contributed by atoms with Gasteiger partial charge >= 0.3 is 0 Å². The summed E-state index contributed by atoms with van der Waals surface area (Å²) in [6, 6.07) is 36.4. The molecule has 2 atom stereocenters. The Hall–Kier alpha value is -4.61. The topological polar surface area (TPSA) is 57.3 Å². The first kappa shape index (κ1) is 26.6. The number of carbonyl (C=O) groups is 1. The van der Waals surface area contributed by atoms with Crippen molar-refractivity contribution in [2.75, 3.05) is 15.5 Å². The maximum Gasteiger partial charge on any atom is 0.232 e. The third-order valence-corrected chi connectivity index (χ3v) is 7.82. The van der Waals surface area contributed by atoms with E-state index in [4.69, 9.17) is 11.6 Å². The molecule has 2 unspecified atom stereocenters. The van der Waals surface area contributed by atoms with Crippen LogP contribution >= 0.6 is 11.6 Å². The molecule has 0 spiro atoms. The summed E-state index contributed by atoms with van der Waals surface area (Å²) >= 11 is 6.26. The van der Waals surface area contributed by atoms with Crippen LogP contribution in [0.4, 0.5) is 17.1 Å². The number of rotatable bonds is 8. The Bertz CT molecular complexity index is 1620. The van der Waals surface area contributed by atoms with Gasteiger partial charge in [0.15, 0.2) is 0 Å². The van der Waals surface area contributed by atoms with Gasteiger partial charge in [-0.25, -0.2) is 0 Å². The Morgan fingerprint density at radius 2 is 1.59 bits per heavy atom. The molecule has 204 valence electrons. The molecule has 41 heavy (non-hydrogen) atoms. The smallest absolute Gasteiger partial charge is 0.232 e. The zero-order chi connectivity index (χ0) is 28.2. The fourth-order valence-corrected chi connectivity index (χ4v) is 5.55. The minimum absolute atomic E-state index is 0.0632. The normalized spacial score (nSPS) is 15.2. The molecule has 0 saturated heterocycles. The molecule has 0 fully saturated rings. The molecule has 0 saturated carbocycles. The van der Waals surface area contributed by atoms with Gasteiger partial charge in [-0.05, 0) is 95.4 Å². The van der Waals surface area contributed by atoms with Crippen molar-refractivity contribution in [3.63, 3.8) is 0 Å². The highest BCUT2D eigenvalue weighted by Crippen LogP contribution is 2.40. The lowest BCUT2D eigenvalue weighted by molar-refractivity contribution is -0.118. The average molecular weight is 559 g/mol. The highest BCUT2D eigenvalue weighted by Gasteiger charge is 2.35. The van der Waals surface area contributed by atoms with Crippen LogP contribution in [0.5, 0.6) is 0 Å². The Balaban J connectivity index is 1.32. The third-order valence-electron chi connectivity index (χ3n) is 7.57. The first-order valence-corrected chi connectivity index (χ1v) is 14.2. The molecule has 4 aromatic carbocycles. The highest BCUT2D eigenvalue weighted by atomic mass is 35.5. The maximum absolute atomic E-state index is 13.7. The van der Waals surface area contributed by atoms with Crippen molar-refractivity contribution in [3.05, 3.63) is 154 Å². The molecule has 1 aliphatic rings. The number of carbonyl (C=O) groups excluding carboxylic acids is 1. The van der Waals surface area contributed by atoms with Crippen molar-refractivity contribution in [1.82, 2.24) is 4.98 Å². The molecule has 0 aliphatic carbocycles. The van der Waals surface area contributed by atoms with Crippen LogP contribution in [-0.4, -0.2) is 10.9 Å². The Labute approximate surface area is 245 Å². The molecular weight excluding hydrogens is 528 g/mol. The van der Waals surface area contributed by atoms with Crippen molar-refractivity contribution in [1.29, 1.82) is 0 Å². The third kappa shape index (κ3) is 5.96. The fourth-order valence-electron chi connectivity index (χ4n) is 5.42. The molecule has 2 N–H and O–H groups in total. The molecule has 5 aromatic rings. The summed E-state index contributed by atoms with van der Waals surface area (Å²) in [7, 11) is 0. The van der Waals surface area contributed by atoms with Gasteiger partial charge in [0, 0.05) is 47.1 Å². The van der Waals surface area contributed by atoms with Gasteiger partial charge in [-0.2, -0.15) is 0 Å². The van der Waals surface area contributed by atoms with Gasteiger partial charge in [0.05, 0.1) is 12.5 Å². The van der Waals surface area contributed by atoms with Crippen LogP contribution in [0, 0.1) is 0 Å². The van der Waals surface area contributed by atoms with Crippen LogP contribution in [0.1, 0.15) is 46.8 Å². The molecule has 6 rings (SSSR count). The first-order chi connectivity index (χ1) is 20.0. The second-order valence-electron chi connectivity index (χ2n) is 10.3. The van der Waals surface area contributed by atoms with E-state index >= 15 is 0 Å². The van der Waals surface area contributed by atoms with Gasteiger partial charge in [0.1, 0.15) is 0 Å². The van der Waals surface area contributed by atoms with Crippen LogP contribution in [0.25, 0.3) is 0 Å². The van der Waals surface area contributed by atoms with Crippen LogP contribution in [-0.2, 0) is 17.8 Å². The van der Waals surface area contributed by atoms with E-state index in [1.165, 1.54) is 5.56 Å². The SMILES string of the molecule is CC(Nc1ccc(N2C(=O)Cc3ccc(NCc4ccccc4)cc3C2c2ccc(Cl)cc2)cc1)c1ccncc1. The Kier molecular flexibility index (Phi) is 7.70. The van der Waals surface area contributed by atoms with E-state index in [-0.39, 0.29) is 18.0 Å². The minimum Gasteiger partial charge on any atom is -0.381 e. The molecule has 2 heterocycles. The number of nitrogens with zero attached hydrogens (tertiary/aromatic N) is 2. The number of pyridine rings is 1. The molecule has 6 heteroatoms. The predicted molar refractivity (Wildman–Crippen MR) is 167 cm³/mol. The number of hydrogen-bond donors (Lipinski definition) is 2. The van der Waals surface area contributed by atoms with E-state index in [0.29, 0.717) is 11.4 Å². The summed E-state index contributed by atoms with van der Waals surface area (Å²) in [6.07, 6.45) is 3.95. The number of hydrogen-bond acceptors (Lipinski definition) is 4. The number of fused-ring (bicyclic) bond motifs is 1. The van der Waals surface area contributed by atoms with E-state index in [1.54, 1.807) is 12.4 Å². The van der Waals surface area contributed by atoms with Gasteiger partial charge in [0.25, 0.3) is 0 Å². The number of halogens is 1. The van der Waals surface area contributed by atoms with Crippen LogP contribution in [0.2, 0.25) is 5.02 Å². The average Bonchev–Trinajstić information content (AvgIpc) is 3.01. The van der Waals surface area contributed by atoms with Gasteiger partial charge < -0.3 is 15.5 Å². The van der Waals surface area contributed by atoms with E-state index in [1.807, 2.05) is 83.8 Å². The van der Waals surface area contributed by atoms with Crippen LogP contribution in [0.3, 0.4) is 0 Å². The zero-order valence-electron chi connectivity index (χ0n) is 22.8. The lowest BCUT2D eigenvalue weighted by Gasteiger charge is -2.38. The molecule has 1 amide bonds. The number of amides is 1. The molecular formula is C35H31ClN4O. The van der Waals surface area contributed by atoms with Crippen molar-refractivity contribution >= 4 is 34.6 Å². The second kappa shape index (κ2) is 11.9. The van der Waals surface area contributed by atoms with Crippen LogP contribution in [0.15, 0.2) is 122 Å². The van der Waals surface area contributed by atoms with E-state index < -0.39 is 0 Å². The van der Waals surface area contributed by atoms with Gasteiger partial charge in [0.2, 0.25) is 5.91 Å². The zero-order valence-corrected chi connectivity index (χ0v) is 23.6. The Morgan fingerprint density at radius 1 is 0.878 bits per heavy atom. The number of anilines is 3. The Morgan fingerprint density at radius 3 is 2.32 bits per heavy atom. The second-order valence-corrected chi connectivity index (χ2v) is 10.8. The van der Waals surface area contributed by atoms with Crippen LogP contribution < -0.4 is 15.5 Å². The summed E-state index contributed by atoms with van der Waals surface area (Å²) < 4.78 is 0. The molecule has 5 nitrogen and oxygen atoms in total. The largest absolute Gasteiger partial charge is 0.381 e. The molecule has 0 bridgehead atoms. The van der Waals surface area contributed by atoms with Crippen molar-refractivity contribution in [2.45, 2.75) is 32.0 Å². The summed E-state index contributed by atoms with van der Waals surface area (Å²) in [5.74, 6) is 0.0632. The summed E-state index contributed by atoms with van der Waals surface area (Å²) in [4.78, 5) is 19.7. The number of aromatic nitrogens is 1. The van der Waals surface area contributed by atoms with Gasteiger partial charge in [-0.3, -0.25) is 9.78 Å². The molecule has 1 aromatic heterocycles. The number of nitrogens with one attached hydrogen (secondary N) is 2. The lowest BCUT2D eigenvalue weighted by Crippen LogP contribution is -2.41. The predicted octanol–water partition coefficient (Wildman–Crippen LogP) is 8.20. The van der Waals surface area contributed by atoms with Crippen molar-refractivity contribution in [3.8, 4) is 0 Å². The molecule has 0 radical (unpaired) electrons. The first-order valence-electron chi connectivity index (χ1n) is 13.8. The summed E-state index contributed by atoms with van der Waals surface area (Å²) in [5, 5.41) is 7.77. The number of benzene rings is 4. The quantitative estimate of drug-likeness (QED) is 0.201. The fraction of sp³-hybridized carbons (Fsp3) is 0.143. The highest BCUT2D eigenvalue weighted by molar-refractivity contribution is 6.30. The van der Waals surface area contributed by atoms with Gasteiger partial charge in [-0.15, -0.1) is 0 Å². The van der Waals surface area contributed by atoms with E-state index in [2.05, 4.69) is 52.9 Å². The van der Waals surface area contributed by atoms with Gasteiger partial charge in [-0.1, -0.05) is 60.1 Å². The maximum atomic E-state index is 13.7. The summed E-state index contributed by atoms with van der Waals surface area (Å²) in [5.41, 5.74) is 8.39. The van der Waals surface area contributed by atoms with E-state index in [0.717, 1.165) is 45.9 Å². The van der Waals surface area contributed by atoms with Crippen molar-refractivity contribution < 1.29 is 4.79 Å². The molecule has 1 aliphatic heterocycles. The lowest BCUT2D eigenvalue weighted by atomic mass is 9.87.